The van der Waals surface area contributed by atoms with Crippen LogP contribution in [0.5, 0.6) is 0 Å². The predicted octanol–water partition coefficient (Wildman–Crippen LogP) is 4.18. The van der Waals surface area contributed by atoms with Gasteiger partial charge in [0, 0.05) is 24.1 Å². The highest BCUT2D eigenvalue weighted by molar-refractivity contribution is 6.35. The van der Waals surface area contributed by atoms with Gasteiger partial charge in [0.2, 0.25) is 0 Å². The van der Waals surface area contributed by atoms with Gasteiger partial charge in [-0.2, -0.15) is 0 Å². The predicted molar refractivity (Wildman–Crippen MR) is 84.0 cm³/mol. The lowest BCUT2D eigenvalue weighted by Gasteiger charge is -2.11. The molecule has 0 aliphatic carbocycles. The number of rotatable bonds is 5. The second kappa shape index (κ2) is 7.41. The van der Waals surface area contributed by atoms with Crippen molar-refractivity contribution in [1.29, 1.82) is 0 Å². The van der Waals surface area contributed by atoms with Crippen LogP contribution in [0.4, 0.5) is 5.69 Å². The number of para-hydroxylation sites is 1. The van der Waals surface area contributed by atoms with Crippen molar-refractivity contribution < 1.29 is 9.53 Å². The van der Waals surface area contributed by atoms with Crippen LogP contribution >= 0.6 is 23.2 Å². The number of carbonyl (C=O) groups excluding carboxylic acids is 1. The summed E-state index contributed by atoms with van der Waals surface area (Å²) in [6.07, 6.45) is 1.35. The Hall–Kier alpha value is -1.62. The van der Waals surface area contributed by atoms with Gasteiger partial charge in [-0.1, -0.05) is 41.4 Å². The highest BCUT2D eigenvalue weighted by atomic mass is 35.5. The van der Waals surface area contributed by atoms with Crippen LogP contribution < -0.4 is 5.32 Å². The minimum atomic E-state index is -0.340. The molecule has 0 atom stereocenters. The van der Waals surface area contributed by atoms with Crippen LogP contribution in [-0.2, 0) is 11.3 Å². The number of nitrogens with zero attached hydrogens (tertiary/aromatic N) is 1. The van der Waals surface area contributed by atoms with Gasteiger partial charge in [0.15, 0.2) is 0 Å². The van der Waals surface area contributed by atoms with Crippen molar-refractivity contribution in [2.45, 2.75) is 13.5 Å². The lowest BCUT2D eigenvalue weighted by molar-refractivity contribution is 0.102. The Morgan fingerprint density at radius 1 is 1.33 bits per heavy atom. The maximum atomic E-state index is 12.3. The molecule has 0 spiro atoms. The number of benzene rings is 1. The Morgan fingerprint density at radius 2 is 2.10 bits per heavy atom. The van der Waals surface area contributed by atoms with E-state index < -0.39 is 0 Å². The van der Waals surface area contributed by atoms with E-state index in [1.165, 1.54) is 12.3 Å². The molecule has 0 radical (unpaired) electrons. The molecule has 2 rings (SSSR count). The summed E-state index contributed by atoms with van der Waals surface area (Å²) in [5.41, 5.74) is 1.85. The second-order valence-corrected chi connectivity index (χ2v) is 5.03. The summed E-state index contributed by atoms with van der Waals surface area (Å²) in [7, 11) is 0. The fourth-order valence-corrected chi connectivity index (χ4v) is 2.10. The van der Waals surface area contributed by atoms with Gasteiger partial charge in [0.1, 0.15) is 5.15 Å². The minimum Gasteiger partial charge on any atom is -0.377 e. The summed E-state index contributed by atoms with van der Waals surface area (Å²) in [4.78, 5) is 16.1. The molecule has 0 aliphatic rings. The largest absolute Gasteiger partial charge is 0.377 e. The Kier molecular flexibility index (Phi) is 5.56. The van der Waals surface area contributed by atoms with Gasteiger partial charge in [-0.3, -0.25) is 4.79 Å². The molecule has 6 heteroatoms. The molecule has 0 aliphatic heterocycles. The fraction of sp³-hybridized carbons (Fsp3) is 0.200. The number of carbonyl (C=O) groups is 1. The number of anilines is 1. The summed E-state index contributed by atoms with van der Waals surface area (Å²) in [6, 6.07) is 8.87. The van der Waals surface area contributed by atoms with E-state index in [1.54, 1.807) is 0 Å². The average Bonchev–Trinajstić information content (AvgIpc) is 2.48. The highest BCUT2D eigenvalue weighted by Gasteiger charge is 2.13. The first-order valence-corrected chi connectivity index (χ1v) is 7.15. The molecule has 0 fully saturated rings. The normalized spacial score (nSPS) is 10.4. The van der Waals surface area contributed by atoms with Crippen molar-refractivity contribution in [3.05, 3.63) is 57.8 Å². The number of halogens is 2. The van der Waals surface area contributed by atoms with Gasteiger partial charge < -0.3 is 10.1 Å². The summed E-state index contributed by atoms with van der Waals surface area (Å²) in [5, 5.41) is 3.28. The number of ether oxygens (including phenoxy) is 1. The molecular formula is C15H14Cl2N2O2. The quantitative estimate of drug-likeness (QED) is 0.839. The van der Waals surface area contributed by atoms with Crippen LogP contribution in [0.15, 0.2) is 36.5 Å². The molecule has 110 valence electrons. The third kappa shape index (κ3) is 4.17. The summed E-state index contributed by atoms with van der Waals surface area (Å²) in [5.74, 6) is -0.340. The van der Waals surface area contributed by atoms with Crippen LogP contribution in [-0.4, -0.2) is 17.5 Å². The number of hydrogen-bond acceptors (Lipinski definition) is 3. The molecule has 0 unspecified atom stereocenters. The Morgan fingerprint density at radius 3 is 2.86 bits per heavy atom. The number of nitrogens with one attached hydrogen (secondary N) is 1. The lowest BCUT2D eigenvalue weighted by Crippen LogP contribution is -2.14. The zero-order valence-corrected chi connectivity index (χ0v) is 12.9. The van der Waals surface area contributed by atoms with Crippen LogP contribution in [0.2, 0.25) is 10.2 Å². The summed E-state index contributed by atoms with van der Waals surface area (Å²) >= 11 is 11.8. The molecule has 1 heterocycles. The minimum absolute atomic E-state index is 0.215. The number of amides is 1. The first-order chi connectivity index (χ1) is 10.1. The van der Waals surface area contributed by atoms with Crippen LogP contribution in [0.1, 0.15) is 22.8 Å². The molecule has 0 saturated carbocycles. The van der Waals surface area contributed by atoms with Gasteiger partial charge in [-0.25, -0.2) is 4.98 Å². The van der Waals surface area contributed by atoms with Crippen LogP contribution in [0, 0.1) is 0 Å². The van der Waals surface area contributed by atoms with Gasteiger partial charge in [0.25, 0.3) is 5.91 Å². The Bertz CT molecular complexity index is 647. The van der Waals surface area contributed by atoms with Crippen molar-refractivity contribution in [1.82, 2.24) is 4.98 Å². The van der Waals surface area contributed by atoms with E-state index >= 15 is 0 Å². The SMILES string of the molecule is CCOCc1ccccc1NC(=O)c1cc(Cl)ncc1Cl. The van der Waals surface area contributed by atoms with E-state index in [-0.39, 0.29) is 21.6 Å². The van der Waals surface area contributed by atoms with Gasteiger partial charge in [0.05, 0.1) is 17.2 Å². The lowest BCUT2D eigenvalue weighted by atomic mass is 10.1. The van der Waals surface area contributed by atoms with Crippen molar-refractivity contribution in [2.24, 2.45) is 0 Å². The standard InChI is InChI=1S/C15H14Cl2N2O2/c1-2-21-9-10-5-3-4-6-13(10)19-15(20)11-7-14(17)18-8-12(11)16/h3-8H,2,9H2,1H3,(H,19,20). The molecule has 0 bridgehead atoms. The van der Waals surface area contributed by atoms with Gasteiger partial charge >= 0.3 is 0 Å². The number of aromatic nitrogens is 1. The third-order valence-corrected chi connectivity index (χ3v) is 3.30. The number of pyridine rings is 1. The Balaban J connectivity index is 2.21. The molecule has 1 N–H and O–H groups in total. The van der Waals surface area contributed by atoms with Crippen molar-refractivity contribution >= 4 is 34.8 Å². The van der Waals surface area contributed by atoms with E-state index in [0.29, 0.717) is 18.9 Å². The molecule has 0 saturated heterocycles. The molecule has 21 heavy (non-hydrogen) atoms. The van der Waals surface area contributed by atoms with Crippen LogP contribution in [0.3, 0.4) is 0 Å². The molecule has 4 nitrogen and oxygen atoms in total. The first kappa shape index (κ1) is 15.8. The monoisotopic (exact) mass is 324 g/mol. The molecule has 1 aromatic carbocycles. The van der Waals surface area contributed by atoms with E-state index in [2.05, 4.69) is 10.3 Å². The molecule has 1 amide bonds. The van der Waals surface area contributed by atoms with Crippen molar-refractivity contribution in [3.8, 4) is 0 Å². The number of hydrogen-bond donors (Lipinski definition) is 1. The molecule has 1 aromatic heterocycles. The smallest absolute Gasteiger partial charge is 0.257 e. The fourth-order valence-electron chi connectivity index (χ4n) is 1.76. The van der Waals surface area contributed by atoms with Crippen molar-refractivity contribution in [2.75, 3.05) is 11.9 Å². The van der Waals surface area contributed by atoms with Gasteiger partial charge in [-0.05, 0) is 19.1 Å². The maximum Gasteiger partial charge on any atom is 0.257 e. The van der Waals surface area contributed by atoms with Gasteiger partial charge in [-0.15, -0.1) is 0 Å². The average molecular weight is 325 g/mol. The second-order valence-electron chi connectivity index (χ2n) is 4.24. The summed E-state index contributed by atoms with van der Waals surface area (Å²) in [6.45, 7) is 2.95. The molecule has 2 aromatic rings. The maximum absolute atomic E-state index is 12.3. The van der Waals surface area contributed by atoms with E-state index in [4.69, 9.17) is 27.9 Å². The highest BCUT2D eigenvalue weighted by Crippen LogP contribution is 2.21. The van der Waals surface area contributed by atoms with E-state index in [1.807, 2.05) is 31.2 Å². The topological polar surface area (TPSA) is 51.2 Å². The van der Waals surface area contributed by atoms with E-state index in [0.717, 1.165) is 5.56 Å². The van der Waals surface area contributed by atoms with Crippen LogP contribution in [0.25, 0.3) is 0 Å². The zero-order chi connectivity index (χ0) is 15.2. The Labute approximate surface area is 133 Å². The van der Waals surface area contributed by atoms with E-state index in [9.17, 15) is 4.79 Å². The zero-order valence-electron chi connectivity index (χ0n) is 11.4. The third-order valence-electron chi connectivity index (χ3n) is 2.79. The summed E-state index contributed by atoms with van der Waals surface area (Å²) < 4.78 is 5.38. The van der Waals surface area contributed by atoms with Crippen molar-refractivity contribution in [3.63, 3.8) is 0 Å². The molecular weight excluding hydrogens is 311 g/mol. The first-order valence-electron chi connectivity index (χ1n) is 6.40.